The van der Waals surface area contributed by atoms with Gasteiger partial charge in [0.2, 0.25) is 0 Å². The number of rotatable bonds is 6. The second kappa shape index (κ2) is 7.97. The Morgan fingerprint density at radius 3 is 2.71 bits per heavy atom. The molecule has 2 aromatic rings. The highest BCUT2D eigenvalue weighted by Gasteiger charge is 2.07. The smallest absolute Gasteiger partial charge is 0.101 e. The molecule has 0 saturated heterocycles. The molecule has 2 rings (SSSR count). The van der Waals surface area contributed by atoms with Gasteiger partial charge in [-0.05, 0) is 62.2 Å². The van der Waals surface area contributed by atoms with Crippen LogP contribution in [0.2, 0.25) is 0 Å². The van der Waals surface area contributed by atoms with E-state index < -0.39 is 0 Å². The van der Waals surface area contributed by atoms with E-state index in [1.54, 1.807) is 11.8 Å². The van der Waals surface area contributed by atoms with Gasteiger partial charge in [0.15, 0.2) is 0 Å². The van der Waals surface area contributed by atoms with Gasteiger partial charge in [0.1, 0.15) is 5.03 Å². The lowest BCUT2D eigenvalue weighted by molar-refractivity contribution is 0.669. The molecule has 1 aromatic carbocycles. The molecule has 1 N–H and O–H groups in total. The van der Waals surface area contributed by atoms with Crippen molar-refractivity contribution < 1.29 is 0 Å². The van der Waals surface area contributed by atoms with Crippen LogP contribution in [0.15, 0.2) is 44.7 Å². The van der Waals surface area contributed by atoms with Crippen molar-refractivity contribution in [2.24, 2.45) is 0 Å². The number of nitrogens with one attached hydrogen (secondary N) is 1. The van der Waals surface area contributed by atoms with E-state index in [1.165, 1.54) is 16.0 Å². The second-order valence-electron chi connectivity index (χ2n) is 5.15. The Bertz CT molecular complexity index is 593. The average Bonchev–Trinajstić information content (AvgIpc) is 2.40. The van der Waals surface area contributed by atoms with E-state index in [4.69, 9.17) is 0 Å². The summed E-state index contributed by atoms with van der Waals surface area (Å²) in [6.07, 6.45) is 1.15. The molecule has 4 heteroatoms. The first-order valence-corrected chi connectivity index (χ1v) is 8.81. The summed E-state index contributed by atoms with van der Waals surface area (Å²) in [6, 6.07) is 10.7. The van der Waals surface area contributed by atoms with Crippen molar-refractivity contribution in [1.29, 1.82) is 0 Å². The van der Waals surface area contributed by atoms with Crippen molar-refractivity contribution in [2.75, 3.05) is 6.54 Å². The molecule has 0 saturated carbocycles. The zero-order valence-electron chi connectivity index (χ0n) is 12.7. The van der Waals surface area contributed by atoms with Crippen molar-refractivity contribution in [3.8, 4) is 0 Å². The van der Waals surface area contributed by atoms with E-state index in [0.717, 1.165) is 34.7 Å². The molecule has 0 unspecified atom stereocenters. The number of benzene rings is 1. The van der Waals surface area contributed by atoms with E-state index in [2.05, 4.69) is 70.4 Å². The minimum Gasteiger partial charge on any atom is -0.313 e. The summed E-state index contributed by atoms with van der Waals surface area (Å²) in [6.45, 7) is 8.28. The number of aromatic nitrogens is 1. The Kier molecular flexibility index (Phi) is 6.27. The van der Waals surface area contributed by atoms with Gasteiger partial charge >= 0.3 is 0 Å². The zero-order valence-corrected chi connectivity index (χ0v) is 15.1. The maximum atomic E-state index is 4.62. The SMILES string of the molecule is CCCNCc1ccc(Br)cc1Sc1cc(C)cc(C)n1. The summed E-state index contributed by atoms with van der Waals surface area (Å²) in [5, 5.41) is 4.53. The summed E-state index contributed by atoms with van der Waals surface area (Å²) in [5.41, 5.74) is 3.64. The van der Waals surface area contributed by atoms with Crippen molar-refractivity contribution in [3.05, 3.63) is 51.6 Å². The molecule has 2 nitrogen and oxygen atoms in total. The Balaban J connectivity index is 2.22. The normalized spacial score (nSPS) is 10.9. The second-order valence-corrected chi connectivity index (χ2v) is 7.13. The molecule has 0 aliphatic heterocycles. The molecule has 112 valence electrons. The average molecular weight is 365 g/mol. The minimum atomic E-state index is 0.897. The summed E-state index contributed by atoms with van der Waals surface area (Å²) >= 11 is 5.30. The maximum absolute atomic E-state index is 4.62. The molecule has 0 aliphatic carbocycles. The van der Waals surface area contributed by atoms with E-state index in [1.807, 2.05) is 6.92 Å². The van der Waals surface area contributed by atoms with Crippen LogP contribution in [-0.2, 0) is 6.54 Å². The fourth-order valence-electron chi connectivity index (χ4n) is 2.14. The quantitative estimate of drug-likeness (QED) is 0.720. The Morgan fingerprint density at radius 2 is 2.00 bits per heavy atom. The fraction of sp³-hybridized carbons (Fsp3) is 0.353. The lowest BCUT2D eigenvalue weighted by atomic mass is 10.2. The topological polar surface area (TPSA) is 24.9 Å². The third-order valence-corrected chi connectivity index (χ3v) is 4.57. The predicted octanol–water partition coefficient (Wildman–Crippen LogP) is 5.11. The molecule has 0 spiro atoms. The fourth-order valence-corrected chi connectivity index (χ4v) is 3.77. The molecule has 1 heterocycles. The number of hydrogen-bond acceptors (Lipinski definition) is 3. The molecule has 1 aromatic heterocycles. The van der Waals surface area contributed by atoms with Crippen LogP contribution in [0.4, 0.5) is 0 Å². The number of nitrogens with zero attached hydrogens (tertiary/aromatic N) is 1. The number of halogens is 1. The monoisotopic (exact) mass is 364 g/mol. The molecule has 21 heavy (non-hydrogen) atoms. The molecule has 0 aliphatic rings. The van der Waals surface area contributed by atoms with E-state index in [9.17, 15) is 0 Å². The zero-order chi connectivity index (χ0) is 15.2. The van der Waals surface area contributed by atoms with Crippen LogP contribution in [0.25, 0.3) is 0 Å². The first kappa shape index (κ1) is 16.5. The maximum Gasteiger partial charge on any atom is 0.101 e. The van der Waals surface area contributed by atoms with Crippen LogP contribution in [-0.4, -0.2) is 11.5 Å². The largest absolute Gasteiger partial charge is 0.313 e. The molecular weight excluding hydrogens is 344 g/mol. The predicted molar refractivity (Wildman–Crippen MR) is 94.0 cm³/mol. The summed E-state index contributed by atoms with van der Waals surface area (Å²) in [4.78, 5) is 5.88. The lowest BCUT2D eigenvalue weighted by Gasteiger charge is -2.11. The van der Waals surface area contributed by atoms with Crippen molar-refractivity contribution in [2.45, 2.75) is 43.7 Å². The third-order valence-electron chi connectivity index (χ3n) is 3.06. The summed E-state index contributed by atoms with van der Waals surface area (Å²) in [7, 11) is 0. The molecule has 0 radical (unpaired) electrons. The van der Waals surface area contributed by atoms with E-state index in [-0.39, 0.29) is 0 Å². The van der Waals surface area contributed by atoms with Crippen molar-refractivity contribution in [1.82, 2.24) is 10.3 Å². The highest BCUT2D eigenvalue weighted by atomic mass is 79.9. The molecule has 0 amide bonds. The summed E-state index contributed by atoms with van der Waals surface area (Å²) in [5.74, 6) is 0. The third kappa shape index (κ3) is 5.13. The molecule has 0 bridgehead atoms. The Morgan fingerprint density at radius 1 is 1.19 bits per heavy atom. The van der Waals surface area contributed by atoms with Crippen LogP contribution >= 0.6 is 27.7 Å². The van der Waals surface area contributed by atoms with Crippen molar-refractivity contribution >= 4 is 27.7 Å². The number of aryl methyl sites for hydroxylation is 2. The minimum absolute atomic E-state index is 0.897. The van der Waals surface area contributed by atoms with E-state index >= 15 is 0 Å². The van der Waals surface area contributed by atoms with Gasteiger partial charge in [-0.15, -0.1) is 0 Å². The van der Waals surface area contributed by atoms with Crippen LogP contribution in [0.1, 0.15) is 30.2 Å². The van der Waals surface area contributed by atoms with Gasteiger partial charge in [-0.3, -0.25) is 0 Å². The Labute approximate surface area is 139 Å². The Hall–Kier alpha value is -0.840. The van der Waals surface area contributed by atoms with Crippen LogP contribution in [0, 0.1) is 13.8 Å². The van der Waals surface area contributed by atoms with Crippen molar-refractivity contribution in [3.63, 3.8) is 0 Å². The van der Waals surface area contributed by atoms with Gasteiger partial charge in [0, 0.05) is 21.6 Å². The highest BCUT2D eigenvalue weighted by molar-refractivity contribution is 9.10. The van der Waals surface area contributed by atoms with Crippen LogP contribution in [0.5, 0.6) is 0 Å². The molecule has 0 atom stereocenters. The standard InChI is InChI=1S/C17H21BrN2S/c1-4-7-19-11-14-5-6-15(18)10-16(14)21-17-9-12(2)8-13(3)20-17/h5-6,8-10,19H,4,7,11H2,1-3H3. The number of hydrogen-bond donors (Lipinski definition) is 1. The van der Waals surface area contributed by atoms with Gasteiger partial charge in [-0.25, -0.2) is 4.98 Å². The van der Waals surface area contributed by atoms with Crippen LogP contribution < -0.4 is 5.32 Å². The lowest BCUT2D eigenvalue weighted by Crippen LogP contribution is -2.14. The molecule has 0 fully saturated rings. The molecular formula is C17H21BrN2S. The van der Waals surface area contributed by atoms with Gasteiger partial charge in [-0.1, -0.05) is 40.7 Å². The van der Waals surface area contributed by atoms with Crippen LogP contribution in [0.3, 0.4) is 0 Å². The van der Waals surface area contributed by atoms with Gasteiger partial charge < -0.3 is 5.32 Å². The van der Waals surface area contributed by atoms with Gasteiger partial charge in [0.05, 0.1) is 0 Å². The van der Waals surface area contributed by atoms with Gasteiger partial charge in [-0.2, -0.15) is 0 Å². The number of pyridine rings is 1. The summed E-state index contributed by atoms with van der Waals surface area (Å²) < 4.78 is 1.11. The highest BCUT2D eigenvalue weighted by Crippen LogP contribution is 2.32. The van der Waals surface area contributed by atoms with Gasteiger partial charge in [0.25, 0.3) is 0 Å². The first-order chi connectivity index (χ1) is 10.1. The first-order valence-electron chi connectivity index (χ1n) is 7.20. The van der Waals surface area contributed by atoms with E-state index in [0.29, 0.717) is 0 Å².